The molecule has 1 aliphatic rings. The van der Waals surface area contributed by atoms with E-state index in [4.69, 9.17) is 0 Å². The van der Waals surface area contributed by atoms with Crippen molar-refractivity contribution in [3.8, 4) is 5.69 Å². The first-order chi connectivity index (χ1) is 20.6. The Morgan fingerprint density at radius 3 is 1.81 bits per heavy atom. The van der Waals surface area contributed by atoms with Crippen molar-refractivity contribution >= 4 is 73.2 Å². The number of nitrogens with zero attached hydrogens (tertiary/aromatic N) is 3. The van der Waals surface area contributed by atoms with Crippen LogP contribution < -0.4 is 14.6 Å². The standard InChI is InChI=1S/C36H25BrN3OP/c37-26-20-22-35-36(24-26)39(28-14-6-2-7-15-28)42(41,30-16-8-3-9-17-30)40(35)29-21-23-34-32(25-29)31-18-10-11-19-33(31)38(34)27-12-4-1-5-13-27/h1-25H. The average molecular weight is 626 g/mol. The van der Waals surface area contributed by atoms with Gasteiger partial charge in [0.15, 0.2) is 0 Å². The Hall–Kier alpha value is -4.57. The minimum Gasteiger partial charge on any atom is -0.309 e. The first kappa shape index (κ1) is 25.2. The van der Waals surface area contributed by atoms with Crippen molar-refractivity contribution in [2.24, 2.45) is 0 Å². The van der Waals surface area contributed by atoms with Crippen molar-refractivity contribution in [3.63, 3.8) is 0 Å². The van der Waals surface area contributed by atoms with Crippen LogP contribution in [0.4, 0.5) is 22.7 Å². The molecular formula is C36H25BrN3OP. The summed E-state index contributed by atoms with van der Waals surface area (Å²) in [6.07, 6.45) is 0. The molecule has 0 radical (unpaired) electrons. The molecule has 42 heavy (non-hydrogen) atoms. The van der Waals surface area contributed by atoms with E-state index in [1.807, 2.05) is 77.5 Å². The Labute approximate surface area is 252 Å². The van der Waals surface area contributed by atoms with Crippen LogP contribution in [0.15, 0.2) is 156 Å². The number of benzene rings is 6. The van der Waals surface area contributed by atoms with Crippen molar-refractivity contribution in [2.45, 2.75) is 0 Å². The molecule has 0 amide bonds. The van der Waals surface area contributed by atoms with E-state index >= 15 is 4.57 Å². The Morgan fingerprint density at radius 1 is 0.476 bits per heavy atom. The van der Waals surface area contributed by atoms with Gasteiger partial charge in [-0.1, -0.05) is 88.7 Å². The van der Waals surface area contributed by atoms with E-state index in [1.165, 1.54) is 0 Å². The predicted octanol–water partition coefficient (Wildman–Crippen LogP) is 10.4. The Bertz CT molecular complexity index is 2150. The minimum atomic E-state index is -3.44. The third-order valence-electron chi connectivity index (χ3n) is 7.94. The van der Waals surface area contributed by atoms with Gasteiger partial charge in [0, 0.05) is 26.6 Å². The van der Waals surface area contributed by atoms with E-state index < -0.39 is 7.44 Å². The van der Waals surface area contributed by atoms with Gasteiger partial charge >= 0.3 is 7.44 Å². The number of fused-ring (bicyclic) bond motifs is 4. The highest BCUT2D eigenvalue weighted by molar-refractivity contribution is 9.10. The molecule has 1 aliphatic heterocycles. The summed E-state index contributed by atoms with van der Waals surface area (Å²) in [5.74, 6) is 0. The number of aromatic nitrogens is 1. The van der Waals surface area contributed by atoms with Gasteiger partial charge in [-0.05, 0) is 78.9 Å². The van der Waals surface area contributed by atoms with Gasteiger partial charge in [0.25, 0.3) is 0 Å². The fourth-order valence-electron chi connectivity index (χ4n) is 6.19. The number of hydrogen-bond donors (Lipinski definition) is 0. The van der Waals surface area contributed by atoms with E-state index in [-0.39, 0.29) is 0 Å². The molecule has 2 heterocycles. The lowest BCUT2D eigenvalue weighted by atomic mass is 10.1. The Balaban J connectivity index is 1.43. The summed E-state index contributed by atoms with van der Waals surface area (Å²) in [4.78, 5) is 0. The molecule has 4 nitrogen and oxygen atoms in total. The van der Waals surface area contributed by atoms with Crippen LogP contribution in [0.5, 0.6) is 0 Å². The molecule has 7 aromatic rings. The predicted molar refractivity (Wildman–Crippen MR) is 179 cm³/mol. The SMILES string of the molecule is O=P1(c2ccccc2)N(c2ccc3c(c2)c2ccccc2n3-c2ccccc2)c2ccc(Br)cc2N1c1ccccc1. The van der Waals surface area contributed by atoms with Crippen molar-refractivity contribution in [1.29, 1.82) is 0 Å². The lowest BCUT2D eigenvalue weighted by Gasteiger charge is -2.33. The first-order valence-corrected chi connectivity index (χ1v) is 16.3. The highest BCUT2D eigenvalue weighted by Gasteiger charge is 2.49. The maximum atomic E-state index is 15.9. The van der Waals surface area contributed by atoms with Gasteiger partial charge in [-0.15, -0.1) is 0 Å². The third-order valence-corrected chi connectivity index (χ3v) is 11.4. The third kappa shape index (κ3) is 3.71. The Kier molecular flexibility index (Phi) is 5.85. The van der Waals surface area contributed by atoms with Crippen LogP contribution in [0.3, 0.4) is 0 Å². The number of halogens is 1. The van der Waals surface area contributed by atoms with Crippen molar-refractivity contribution in [1.82, 2.24) is 4.57 Å². The van der Waals surface area contributed by atoms with E-state index in [1.54, 1.807) is 0 Å². The fourth-order valence-corrected chi connectivity index (χ4v) is 9.54. The lowest BCUT2D eigenvalue weighted by molar-refractivity contribution is 0.582. The molecule has 0 saturated heterocycles. The molecule has 0 saturated carbocycles. The van der Waals surface area contributed by atoms with Crippen LogP contribution in [0.1, 0.15) is 0 Å². The molecule has 0 aliphatic carbocycles. The fraction of sp³-hybridized carbons (Fsp3) is 0. The molecule has 0 N–H and O–H groups in total. The van der Waals surface area contributed by atoms with Gasteiger partial charge in [-0.2, -0.15) is 0 Å². The van der Waals surface area contributed by atoms with Gasteiger partial charge in [-0.25, -0.2) is 0 Å². The van der Waals surface area contributed by atoms with Crippen LogP contribution in [0.2, 0.25) is 0 Å². The molecule has 6 aromatic carbocycles. The second-order valence-corrected chi connectivity index (χ2v) is 13.7. The number of hydrogen-bond acceptors (Lipinski definition) is 1. The van der Waals surface area contributed by atoms with Gasteiger partial charge < -0.3 is 4.57 Å². The largest absolute Gasteiger partial charge is 0.309 e. The van der Waals surface area contributed by atoms with E-state index in [9.17, 15) is 0 Å². The normalized spacial score (nSPS) is 16.3. The van der Waals surface area contributed by atoms with Crippen LogP contribution in [0, 0.1) is 0 Å². The average Bonchev–Trinajstić information content (AvgIpc) is 3.51. The summed E-state index contributed by atoms with van der Waals surface area (Å²) in [6, 6.07) is 51.5. The molecule has 1 unspecified atom stereocenters. The van der Waals surface area contributed by atoms with Crippen LogP contribution >= 0.6 is 23.4 Å². The minimum absolute atomic E-state index is 0.771. The van der Waals surface area contributed by atoms with Crippen molar-refractivity contribution in [3.05, 3.63) is 156 Å². The summed E-state index contributed by atoms with van der Waals surface area (Å²) in [6.45, 7) is 0. The lowest BCUT2D eigenvalue weighted by Crippen LogP contribution is -2.26. The molecule has 0 fully saturated rings. The molecule has 6 heteroatoms. The summed E-state index contributed by atoms with van der Waals surface area (Å²) in [7, 11) is -3.44. The molecular weight excluding hydrogens is 601 g/mol. The number of anilines is 4. The van der Waals surface area contributed by atoms with Crippen LogP contribution in [-0.2, 0) is 4.57 Å². The van der Waals surface area contributed by atoms with E-state index in [0.717, 1.165) is 60.0 Å². The van der Waals surface area contributed by atoms with Gasteiger partial charge in [-0.3, -0.25) is 13.9 Å². The van der Waals surface area contributed by atoms with Crippen molar-refractivity contribution < 1.29 is 4.57 Å². The molecule has 0 bridgehead atoms. The summed E-state index contributed by atoms with van der Waals surface area (Å²) in [5.41, 5.74) is 6.92. The zero-order valence-electron chi connectivity index (χ0n) is 22.5. The maximum absolute atomic E-state index is 15.9. The summed E-state index contributed by atoms with van der Waals surface area (Å²) >= 11 is 3.68. The second-order valence-electron chi connectivity index (χ2n) is 10.4. The molecule has 1 aromatic heterocycles. The highest BCUT2D eigenvalue weighted by Crippen LogP contribution is 2.70. The van der Waals surface area contributed by atoms with Crippen LogP contribution in [-0.4, -0.2) is 4.57 Å². The van der Waals surface area contributed by atoms with Gasteiger partial charge in [0.05, 0.1) is 33.4 Å². The maximum Gasteiger partial charge on any atom is 0.301 e. The first-order valence-electron chi connectivity index (χ1n) is 13.8. The summed E-state index contributed by atoms with van der Waals surface area (Å²) in [5, 5.41) is 3.04. The Morgan fingerprint density at radius 2 is 1.07 bits per heavy atom. The zero-order valence-corrected chi connectivity index (χ0v) is 25.0. The number of rotatable bonds is 4. The monoisotopic (exact) mass is 625 g/mol. The van der Waals surface area contributed by atoms with E-state index in [0.29, 0.717) is 0 Å². The van der Waals surface area contributed by atoms with Gasteiger partial charge in [0.2, 0.25) is 0 Å². The van der Waals surface area contributed by atoms with Crippen LogP contribution in [0.25, 0.3) is 27.5 Å². The zero-order chi connectivity index (χ0) is 28.3. The van der Waals surface area contributed by atoms with Gasteiger partial charge in [0.1, 0.15) is 0 Å². The highest BCUT2D eigenvalue weighted by atomic mass is 79.9. The smallest absolute Gasteiger partial charge is 0.301 e. The molecule has 1 atom stereocenters. The second kappa shape index (κ2) is 9.77. The van der Waals surface area contributed by atoms with Crippen molar-refractivity contribution in [2.75, 3.05) is 9.34 Å². The molecule has 0 spiro atoms. The topological polar surface area (TPSA) is 28.5 Å². The molecule has 8 rings (SSSR count). The van der Waals surface area contributed by atoms with E-state index in [2.05, 4.69) is 104 Å². The number of para-hydroxylation sites is 3. The quantitative estimate of drug-likeness (QED) is 0.182. The molecule has 202 valence electrons. The summed E-state index contributed by atoms with van der Waals surface area (Å²) < 4.78 is 23.2.